The summed E-state index contributed by atoms with van der Waals surface area (Å²) in [4.78, 5) is 24.6. The van der Waals surface area contributed by atoms with Crippen LogP contribution in [0.4, 0.5) is 5.69 Å². The number of anilines is 1. The molecule has 4 rings (SSSR count). The van der Waals surface area contributed by atoms with Gasteiger partial charge in [-0.2, -0.15) is 5.10 Å². The smallest absolute Gasteiger partial charge is 0.271 e. The molecule has 0 heterocycles. The van der Waals surface area contributed by atoms with E-state index in [0.717, 1.165) is 16.3 Å². The van der Waals surface area contributed by atoms with Gasteiger partial charge in [-0.1, -0.05) is 47.5 Å². The topological polar surface area (TPSA) is 100 Å². The molecule has 0 aromatic heterocycles. The SMILES string of the molecule is O=C(COc1ccc(/C=N/NC(=O)c2ccc(O)c(Cl)c2)c2ccccc12)Nc1ccc(Cl)cc1. The van der Waals surface area contributed by atoms with Gasteiger partial charge in [-0.15, -0.1) is 0 Å². The fourth-order valence-electron chi connectivity index (χ4n) is 3.28. The molecule has 0 bridgehead atoms. The van der Waals surface area contributed by atoms with Gasteiger partial charge >= 0.3 is 0 Å². The number of fused-ring (bicyclic) bond motifs is 1. The Balaban J connectivity index is 1.44. The van der Waals surface area contributed by atoms with Crippen LogP contribution < -0.4 is 15.5 Å². The number of carbonyl (C=O) groups is 2. The molecule has 0 aliphatic carbocycles. The lowest BCUT2D eigenvalue weighted by Crippen LogP contribution is -2.20. The van der Waals surface area contributed by atoms with Gasteiger partial charge in [0.15, 0.2) is 6.61 Å². The van der Waals surface area contributed by atoms with E-state index in [1.165, 1.54) is 24.4 Å². The van der Waals surface area contributed by atoms with Gasteiger partial charge in [-0.25, -0.2) is 5.43 Å². The molecule has 0 unspecified atom stereocenters. The molecule has 0 saturated carbocycles. The maximum atomic E-state index is 12.3. The lowest BCUT2D eigenvalue weighted by atomic mass is 10.0. The first-order valence-corrected chi connectivity index (χ1v) is 11.2. The average molecular weight is 508 g/mol. The number of ether oxygens (including phenoxy) is 1. The van der Waals surface area contributed by atoms with E-state index >= 15 is 0 Å². The minimum Gasteiger partial charge on any atom is -0.506 e. The van der Waals surface area contributed by atoms with Crippen LogP contribution in [0.15, 0.2) is 84.0 Å². The van der Waals surface area contributed by atoms with Crippen LogP contribution in [0.1, 0.15) is 15.9 Å². The largest absolute Gasteiger partial charge is 0.506 e. The number of hydrogen-bond acceptors (Lipinski definition) is 5. The Hall–Kier alpha value is -4.07. The Bertz CT molecular complexity index is 1420. The van der Waals surface area contributed by atoms with Crippen LogP contribution >= 0.6 is 23.2 Å². The predicted octanol–water partition coefficient (Wildman–Crippen LogP) is 5.63. The molecular weight excluding hydrogens is 489 g/mol. The molecular formula is C26H19Cl2N3O4. The summed E-state index contributed by atoms with van der Waals surface area (Å²) >= 11 is 11.7. The van der Waals surface area contributed by atoms with Gasteiger partial charge in [0.2, 0.25) is 0 Å². The highest BCUT2D eigenvalue weighted by Gasteiger charge is 2.10. The first-order valence-electron chi connectivity index (χ1n) is 10.4. The Labute approximate surface area is 210 Å². The van der Waals surface area contributed by atoms with E-state index in [-0.39, 0.29) is 28.8 Å². The van der Waals surface area contributed by atoms with E-state index in [4.69, 9.17) is 27.9 Å². The second-order valence-corrected chi connectivity index (χ2v) is 8.25. The number of rotatable bonds is 7. The van der Waals surface area contributed by atoms with Crippen LogP contribution in [-0.4, -0.2) is 29.7 Å². The maximum Gasteiger partial charge on any atom is 0.271 e. The summed E-state index contributed by atoms with van der Waals surface area (Å²) in [7, 11) is 0. The van der Waals surface area contributed by atoms with E-state index in [9.17, 15) is 14.7 Å². The van der Waals surface area contributed by atoms with Crippen molar-refractivity contribution in [1.82, 2.24) is 5.43 Å². The number of carbonyl (C=O) groups excluding carboxylic acids is 2. The van der Waals surface area contributed by atoms with Gasteiger partial charge in [0.1, 0.15) is 11.5 Å². The first-order chi connectivity index (χ1) is 16.9. The van der Waals surface area contributed by atoms with Crippen LogP contribution in [0, 0.1) is 0 Å². The molecule has 7 nitrogen and oxygen atoms in total. The monoisotopic (exact) mass is 507 g/mol. The van der Waals surface area contributed by atoms with E-state index in [1.807, 2.05) is 24.3 Å². The minimum absolute atomic E-state index is 0.0741. The van der Waals surface area contributed by atoms with E-state index in [0.29, 0.717) is 16.5 Å². The number of hydrogen-bond donors (Lipinski definition) is 3. The van der Waals surface area contributed by atoms with Gasteiger partial charge in [0.25, 0.3) is 11.8 Å². The number of phenolic OH excluding ortho intramolecular Hbond substituents is 1. The summed E-state index contributed by atoms with van der Waals surface area (Å²) in [6.45, 7) is -0.175. The number of amides is 2. The van der Waals surface area contributed by atoms with E-state index in [1.54, 1.807) is 36.4 Å². The maximum absolute atomic E-state index is 12.3. The molecule has 0 fully saturated rings. The van der Waals surface area contributed by atoms with Crippen LogP contribution in [0.25, 0.3) is 10.8 Å². The van der Waals surface area contributed by atoms with Crippen molar-refractivity contribution in [2.45, 2.75) is 0 Å². The van der Waals surface area contributed by atoms with Crippen molar-refractivity contribution in [2.75, 3.05) is 11.9 Å². The Morgan fingerprint density at radius 1 is 0.943 bits per heavy atom. The molecule has 0 radical (unpaired) electrons. The second-order valence-electron chi connectivity index (χ2n) is 7.41. The van der Waals surface area contributed by atoms with Gasteiger partial charge < -0.3 is 15.2 Å². The number of halogens is 2. The minimum atomic E-state index is -0.473. The lowest BCUT2D eigenvalue weighted by molar-refractivity contribution is -0.118. The molecule has 0 spiro atoms. The van der Waals surface area contributed by atoms with Crippen molar-refractivity contribution in [3.63, 3.8) is 0 Å². The number of aromatic hydroxyl groups is 1. The zero-order chi connectivity index (χ0) is 24.8. The normalized spacial score (nSPS) is 10.9. The summed E-state index contributed by atoms with van der Waals surface area (Å²) < 4.78 is 5.77. The third kappa shape index (κ3) is 6.09. The highest BCUT2D eigenvalue weighted by atomic mass is 35.5. The molecule has 3 N–H and O–H groups in total. The number of benzene rings is 4. The molecule has 0 aliphatic rings. The molecule has 176 valence electrons. The Morgan fingerprint density at radius 3 is 2.43 bits per heavy atom. The highest BCUT2D eigenvalue weighted by Crippen LogP contribution is 2.28. The van der Waals surface area contributed by atoms with Crippen LogP contribution in [0.3, 0.4) is 0 Å². The summed E-state index contributed by atoms with van der Waals surface area (Å²) in [5.41, 5.74) is 4.06. The molecule has 2 amide bonds. The van der Waals surface area contributed by atoms with Gasteiger partial charge in [0.05, 0.1) is 11.2 Å². The van der Waals surface area contributed by atoms with E-state index in [2.05, 4.69) is 15.8 Å². The van der Waals surface area contributed by atoms with E-state index < -0.39 is 5.91 Å². The van der Waals surface area contributed by atoms with Crippen molar-refractivity contribution >= 4 is 57.7 Å². The summed E-state index contributed by atoms with van der Waals surface area (Å²) in [6.07, 6.45) is 1.51. The van der Waals surface area contributed by atoms with Crippen molar-refractivity contribution in [3.05, 3.63) is 100 Å². The third-order valence-corrected chi connectivity index (χ3v) is 5.54. The molecule has 0 aliphatic heterocycles. The Kier molecular flexibility index (Phi) is 7.50. The van der Waals surface area contributed by atoms with Gasteiger partial charge in [-0.05, 0) is 60.0 Å². The number of hydrazone groups is 1. The lowest BCUT2D eigenvalue weighted by Gasteiger charge is -2.11. The molecule has 4 aromatic rings. The average Bonchev–Trinajstić information content (AvgIpc) is 2.86. The molecule has 35 heavy (non-hydrogen) atoms. The van der Waals surface area contributed by atoms with Gasteiger partial charge in [-0.3, -0.25) is 9.59 Å². The summed E-state index contributed by atoms with van der Waals surface area (Å²) in [5, 5.41) is 18.5. The highest BCUT2D eigenvalue weighted by molar-refractivity contribution is 6.32. The first kappa shape index (κ1) is 24.1. The quantitative estimate of drug-likeness (QED) is 0.222. The second kappa shape index (κ2) is 10.9. The van der Waals surface area contributed by atoms with Crippen LogP contribution in [-0.2, 0) is 4.79 Å². The summed E-state index contributed by atoms with van der Waals surface area (Å²) in [6, 6.07) is 21.9. The molecule has 4 aromatic carbocycles. The molecule has 9 heteroatoms. The zero-order valence-corrected chi connectivity index (χ0v) is 19.7. The van der Waals surface area contributed by atoms with Crippen molar-refractivity contribution < 1.29 is 19.4 Å². The number of nitrogens with one attached hydrogen (secondary N) is 2. The molecule has 0 saturated heterocycles. The fourth-order valence-corrected chi connectivity index (χ4v) is 3.59. The fraction of sp³-hybridized carbons (Fsp3) is 0.0385. The summed E-state index contributed by atoms with van der Waals surface area (Å²) in [5.74, 6) is -0.354. The van der Waals surface area contributed by atoms with Crippen LogP contribution in [0.5, 0.6) is 11.5 Å². The number of nitrogens with zero attached hydrogens (tertiary/aromatic N) is 1. The number of phenols is 1. The van der Waals surface area contributed by atoms with Crippen molar-refractivity contribution in [3.8, 4) is 11.5 Å². The van der Waals surface area contributed by atoms with Crippen molar-refractivity contribution in [1.29, 1.82) is 0 Å². The predicted molar refractivity (Wildman–Crippen MR) is 138 cm³/mol. The zero-order valence-electron chi connectivity index (χ0n) is 18.2. The van der Waals surface area contributed by atoms with Gasteiger partial charge in [0, 0.05) is 27.2 Å². The molecule has 0 atom stereocenters. The van der Waals surface area contributed by atoms with Crippen LogP contribution in [0.2, 0.25) is 10.0 Å². The standard InChI is InChI=1S/C26H19Cl2N3O4/c27-18-7-9-19(10-8-18)30-25(33)15-35-24-12-6-17(20-3-1-2-4-21(20)24)14-29-31-26(34)16-5-11-23(32)22(28)13-16/h1-14,32H,15H2,(H,30,33)(H,31,34)/b29-14+. The van der Waals surface area contributed by atoms with Crippen molar-refractivity contribution in [2.24, 2.45) is 5.10 Å². The third-order valence-electron chi connectivity index (χ3n) is 4.98. The Morgan fingerprint density at radius 2 is 1.69 bits per heavy atom.